The first-order valence-electron chi connectivity index (χ1n) is 3.70. The Hall–Kier alpha value is -1.26. The maximum Gasteiger partial charge on any atom is 0.333 e. The van der Waals surface area contributed by atoms with Gasteiger partial charge in [0.25, 0.3) is 0 Å². The molecule has 0 saturated heterocycles. The van der Waals surface area contributed by atoms with E-state index in [-0.39, 0.29) is 36.2 Å². The highest BCUT2D eigenvalue weighted by Crippen LogP contribution is 2.30. The van der Waals surface area contributed by atoms with Crippen LogP contribution in [0.15, 0.2) is 10.8 Å². The first-order chi connectivity index (χ1) is 6.95. The van der Waals surface area contributed by atoms with Crippen LogP contribution in [0, 0.1) is 0 Å². The number of hydrogen-bond donors (Lipinski definition) is 4. The fraction of sp³-hybridized carbons (Fsp3) is 0. The fourth-order valence-electron chi connectivity index (χ4n) is 0.881. The van der Waals surface area contributed by atoms with Crippen LogP contribution in [-0.4, -0.2) is 12.1 Å². The molecule has 0 radical (unpaired) electrons. The summed E-state index contributed by atoms with van der Waals surface area (Å²) < 4.78 is 0. The molecule has 0 bridgehead atoms. The number of anilines is 2. The molecule has 1 aromatic rings. The summed E-state index contributed by atoms with van der Waals surface area (Å²) in [6, 6.07) is -1.74. The SMILES string of the molecule is Cl.Cl.NC(=O)N(N)c1cscc1N(N)C(N)=O. The molecule has 17 heavy (non-hydrogen) atoms. The van der Waals surface area contributed by atoms with Gasteiger partial charge in [-0.25, -0.2) is 31.3 Å². The van der Waals surface area contributed by atoms with Gasteiger partial charge in [-0.1, -0.05) is 0 Å². The molecule has 0 unspecified atom stereocenters. The number of hydrazine groups is 2. The van der Waals surface area contributed by atoms with E-state index < -0.39 is 12.1 Å². The molecule has 0 atom stereocenters. The summed E-state index contributed by atoms with van der Waals surface area (Å²) in [4.78, 5) is 21.6. The van der Waals surface area contributed by atoms with E-state index in [9.17, 15) is 9.59 Å². The average Bonchev–Trinajstić information content (AvgIpc) is 2.63. The van der Waals surface area contributed by atoms with Crippen LogP contribution >= 0.6 is 36.2 Å². The van der Waals surface area contributed by atoms with Crippen molar-refractivity contribution >= 4 is 59.6 Å². The number of halogens is 2. The average molecular weight is 303 g/mol. The van der Waals surface area contributed by atoms with Gasteiger partial charge in [0.05, 0.1) is 11.4 Å². The predicted octanol–water partition coefficient (Wildman–Crippen LogP) is 0.109. The van der Waals surface area contributed by atoms with Gasteiger partial charge in [0.2, 0.25) is 0 Å². The van der Waals surface area contributed by atoms with Gasteiger partial charge in [0.1, 0.15) is 0 Å². The highest BCUT2D eigenvalue weighted by molar-refractivity contribution is 7.09. The predicted molar refractivity (Wildman–Crippen MR) is 71.3 cm³/mol. The highest BCUT2D eigenvalue weighted by Gasteiger charge is 2.19. The Balaban J connectivity index is 0. The summed E-state index contributed by atoms with van der Waals surface area (Å²) in [5.41, 5.74) is 10.4. The first-order valence-corrected chi connectivity index (χ1v) is 4.64. The van der Waals surface area contributed by atoms with Gasteiger partial charge in [-0.2, -0.15) is 0 Å². The molecule has 8 nitrogen and oxygen atoms in total. The van der Waals surface area contributed by atoms with Crippen molar-refractivity contribution in [2.24, 2.45) is 23.2 Å². The van der Waals surface area contributed by atoms with Crippen LogP contribution in [0.5, 0.6) is 0 Å². The number of thiophene rings is 1. The maximum atomic E-state index is 10.8. The van der Waals surface area contributed by atoms with Gasteiger partial charge in [-0.3, -0.25) is 0 Å². The second-order valence-electron chi connectivity index (χ2n) is 2.56. The second kappa shape index (κ2) is 7.14. The summed E-state index contributed by atoms with van der Waals surface area (Å²) in [7, 11) is 0. The summed E-state index contributed by atoms with van der Waals surface area (Å²) in [6.45, 7) is 0. The van der Waals surface area contributed by atoms with Gasteiger partial charge in [0.15, 0.2) is 0 Å². The Morgan fingerprint density at radius 3 is 1.47 bits per heavy atom. The molecule has 0 aliphatic carbocycles. The molecule has 4 amide bonds. The molecule has 0 spiro atoms. The van der Waals surface area contributed by atoms with Gasteiger partial charge in [-0.15, -0.1) is 36.2 Å². The summed E-state index contributed by atoms with van der Waals surface area (Å²) in [6.07, 6.45) is 0. The van der Waals surface area contributed by atoms with Crippen LogP contribution in [0.25, 0.3) is 0 Å². The summed E-state index contributed by atoms with van der Waals surface area (Å²) >= 11 is 1.20. The number of nitrogens with zero attached hydrogens (tertiary/aromatic N) is 2. The quantitative estimate of drug-likeness (QED) is 0.349. The number of nitrogens with two attached hydrogens (primary N) is 4. The van der Waals surface area contributed by atoms with Crippen LogP contribution in [0.3, 0.4) is 0 Å². The maximum absolute atomic E-state index is 10.8. The number of amides is 4. The Bertz CT molecular complexity index is 365. The zero-order valence-electron chi connectivity index (χ0n) is 8.40. The summed E-state index contributed by atoms with van der Waals surface area (Å²) in [5.74, 6) is 10.7. The van der Waals surface area contributed by atoms with Crippen molar-refractivity contribution in [2.45, 2.75) is 0 Å². The number of rotatable bonds is 2. The number of urea groups is 2. The van der Waals surface area contributed by atoms with E-state index in [0.29, 0.717) is 10.0 Å². The highest BCUT2D eigenvalue weighted by atomic mass is 35.5. The molecular formula is C6H12Cl2N6O2S. The van der Waals surface area contributed by atoms with Gasteiger partial charge in [0, 0.05) is 10.8 Å². The van der Waals surface area contributed by atoms with E-state index in [4.69, 9.17) is 23.2 Å². The Morgan fingerprint density at radius 2 is 1.24 bits per heavy atom. The van der Waals surface area contributed by atoms with E-state index in [1.807, 2.05) is 0 Å². The fourth-order valence-corrected chi connectivity index (χ4v) is 1.68. The van der Waals surface area contributed by atoms with Crippen molar-refractivity contribution < 1.29 is 9.59 Å². The molecule has 1 heterocycles. The molecule has 0 fully saturated rings. The van der Waals surface area contributed by atoms with Crippen molar-refractivity contribution in [2.75, 3.05) is 10.0 Å². The summed E-state index contributed by atoms with van der Waals surface area (Å²) in [5, 5.41) is 4.38. The Morgan fingerprint density at radius 1 is 0.941 bits per heavy atom. The smallest absolute Gasteiger partial charge is 0.333 e. The van der Waals surface area contributed by atoms with Crippen molar-refractivity contribution in [1.29, 1.82) is 0 Å². The Kier molecular flexibility index (Phi) is 7.61. The molecule has 0 aromatic carbocycles. The van der Waals surface area contributed by atoms with Crippen molar-refractivity contribution in [3.8, 4) is 0 Å². The van der Waals surface area contributed by atoms with Gasteiger partial charge >= 0.3 is 12.1 Å². The molecule has 1 aromatic heterocycles. The second-order valence-corrected chi connectivity index (χ2v) is 3.30. The topological polar surface area (TPSA) is 145 Å². The minimum atomic E-state index is -0.868. The van der Waals surface area contributed by atoms with E-state index in [2.05, 4.69) is 0 Å². The van der Waals surface area contributed by atoms with E-state index in [0.717, 1.165) is 0 Å². The number of hydrogen-bond acceptors (Lipinski definition) is 5. The molecule has 8 N–H and O–H groups in total. The number of carbonyl (C=O) groups excluding carboxylic acids is 2. The van der Waals surface area contributed by atoms with E-state index in [1.165, 1.54) is 22.1 Å². The largest absolute Gasteiger partial charge is 0.350 e. The van der Waals surface area contributed by atoms with Crippen LogP contribution in [0.2, 0.25) is 0 Å². The lowest BCUT2D eigenvalue weighted by molar-refractivity contribution is 0.252. The third kappa shape index (κ3) is 3.91. The van der Waals surface area contributed by atoms with Gasteiger partial charge < -0.3 is 11.5 Å². The van der Waals surface area contributed by atoms with Crippen molar-refractivity contribution in [3.63, 3.8) is 0 Å². The third-order valence-electron chi connectivity index (χ3n) is 1.62. The number of carbonyl (C=O) groups is 2. The minimum Gasteiger partial charge on any atom is -0.350 e. The zero-order chi connectivity index (χ0) is 11.6. The Labute approximate surface area is 113 Å². The first kappa shape index (κ1) is 18.1. The van der Waals surface area contributed by atoms with Crippen LogP contribution in [0.4, 0.5) is 21.0 Å². The lowest BCUT2D eigenvalue weighted by Crippen LogP contribution is -2.45. The van der Waals surface area contributed by atoms with E-state index in [1.54, 1.807) is 0 Å². The van der Waals surface area contributed by atoms with Crippen molar-refractivity contribution in [1.82, 2.24) is 0 Å². The normalized spacial score (nSPS) is 8.59. The molecule has 0 aliphatic rings. The minimum absolute atomic E-state index is 0. The molecular weight excluding hydrogens is 291 g/mol. The zero-order valence-corrected chi connectivity index (χ0v) is 10.8. The molecule has 98 valence electrons. The molecule has 0 aliphatic heterocycles. The number of primary amides is 2. The lowest BCUT2D eigenvalue weighted by Gasteiger charge is -2.18. The lowest BCUT2D eigenvalue weighted by atomic mass is 10.4. The standard InChI is InChI=1S/C6H10N6O2S.2ClH/c7-5(13)11(9)3-1-15-2-4(3)12(10)6(8)14;;/h1-2H,9-10H2,(H2,7,13)(H2,8,14);2*1H. The molecule has 1 rings (SSSR count). The monoisotopic (exact) mass is 302 g/mol. The third-order valence-corrected chi connectivity index (χ3v) is 2.33. The van der Waals surface area contributed by atoms with Crippen molar-refractivity contribution in [3.05, 3.63) is 10.8 Å². The molecule has 0 saturated carbocycles. The van der Waals surface area contributed by atoms with Crippen LogP contribution < -0.4 is 33.2 Å². The molecule has 11 heteroatoms. The van der Waals surface area contributed by atoms with E-state index >= 15 is 0 Å². The van der Waals surface area contributed by atoms with Gasteiger partial charge in [-0.05, 0) is 0 Å². The van der Waals surface area contributed by atoms with Crippen LogP contribution in [0.1, 0.15) is 0 Å². The van der Waals surface area contributed by atoms with Crippen LogP contribution in [-0.2, 0) is 0 Å².